The van der Waals surface area contributed by atoms with E-state index in [1.807, 2.05) is 0 Å². The molecule has 1 aromatic carbocycles. The number of hydrogen-bond donors (Lipinski definition) is 1. The van der Waals surface area contributed by atoms with Crippen molar-refractivity contribution in [2.75, 3.05) is 5.73 Å². The highest BCUT2D eigenvalue weighted by atomic mass is 19.3. The normalized spacial score (nSPS) is 10.9. The third-order valence-corrected chi connectivity index (χ3v) is 2.55. The Kier molecular flexibility index (Phi) is 4.69. The molecule has 19 heavy (non-hydrogen) atoms. The molecule has 0 saturated carbocycles. The Balaban J connectivity index is 3.29. The van der Waals surface area contributed by atoms with Gasteiger partial charge in [0.2, 0.25) is 0 Å². The first kappa shape index (κ1) is 15.2. The smallest absolute Gasteiger partial charge is 0.387 e. The highest BCUT2D eigenvalue weighted by Gasteiger charge is 2.22. The summed E-state index contributed by atoms with van der Waals surface area (Å²) in [6, 6.07) is 1.38. The number of esters is 1. The summed E-state index contributed by atoms with van der Waals surface area (Å²) in [5.74, 6) is -0.717. The predicted molar refractivity (Wildman–Crippen MR) is 67.5 cm³/mol. The van der Waals surface area contributed by atoms with Crippen molar-refractivity contribution in [2.45, 2.75) is 40.4 Å². The van der Waals surface area contributed by atoms with Gasteiger partial charge in [0.25, 0.3) is 0 Å². The highest BCUT2D eigenvalue weighted by Crippen LogP contribution is 2.31. The quantitative estimate of drug-likeness (QED) is 0.676. The molecule has 1 rings (SSSR count). The van der Waals surface area contributed by atoms with Crippen LogP contribution in [0.5, 0.6) is 5.75 Å². The molecule has 0 atom stereocenters. The number of nitrogen functional groups attached to an aromatic ring is 1. The van der Waals surface area contributed by atoms with Crippen molar-refractivity contribution < 1.29 is 23.0 Å². The zero-order valence-electron chi connectivity index (χ0n) is 11.3. The first-order valence-electron chi connectivity index (χ1n) is 5.79. The number of rotatable bonds is 4. The van der Waals surface area contributed by atoms with Gasteiger partial charge in [-0.1, -0.05) is 0 Å². The molecule has 6 heteroatoms. The van der Waals surface area contributed by atoms with Gasteiger partial charge >= 0.3 is 12.6 Å². The Hall–Kier alpha value is -1.85. The summed E-state index contributed by atoms with van der Waals surface area (Å²) in [5, 5.41) is 0. The largest absolute Gasteiger partial charge is 0.459 e. The van der Waals surface area contributed by atoms with Gasteiger partial charge < -0.3 is 15.2 Å². The van der Waals surface area contributed by atoms with E-state index in [4.69, 9.17) is 10.5 Å². The molecule has 0 amide bonds. The number of alkyl halides is 2. The van der Waals surface area contributed by atoms with E-state index in [0.29, 0.717) is 5.56 Å². The second kappa shape index (κ2) is 5.86. The predicted octanol–water partition coefficient (Wildman–Crippen LogP) is 3.05. The number of anilines is 1. The SMILES string of the molecule is Cc1cc(OC(F)F)c(C)c(C(=O)OC(C)C)c1N. The molecule has 0 aromatic heterocycles. The van der Waals surface area contributed by atoms with Gasteiger partial charge in [0, 0.05) is 11.3 Å². The molecular weight excluding hydrogens is 256 g/mol. The summed E-state index contributed by atoms with van der Waals surface area (Å²) in [7, 11) is 0. The molecule has 0 radical (unpaired) electrons. The molecular formula is C13H17F2NO3. The van der Waals surface area contributed by atoms with Gasteiger partial charge in [0.1, 0.15) is 5.75 Å². The number of halogens is 2. The molecule has 0 heterocycles. The van der Waals surface area contributed by atoms with E-state index >= 15 is 0 Å². The number of nitrogens with two attached hydrogens (primary N) is 1. The molecule has 0 fully saturated rings. The van der Waals surface area contributed by atoms with Crippen LogP contribution in [-0.2, 0) is 4.74 Å². The van der Waals surface area contributed by atoms with Gasteiger partial charge in [0.15, 0.2) is 0 Å². The van der Waals surface area contributed by atoms with Crippen molar-refractivity contribution in [2.24, 2.45) is 0 Å². The maximum absolute atomic E-state index is 12.3. The first-order valence-corrected chi connectivity index (χ1v) is 5.79. The molecule has 0 aliphatic rings. The van der Waals surface area contributed by atoms with Gasteiger partial charge in [-0.05, 0) is 39.3 Å². The van der Waals surface area contributed by atoms with Crippen LogP contribution < -0.4 is 10.5 Å². The Morgan fingerprint density at radius 2 is 1.89 bits per heavy atom. The highest BCUT2D eigenvalue weighted by molar-refractivity contribution is 5.98. The molecule has 2 N–H and O–H groups in total. The van der Waals surface area contributed by atoms with E-state index in [9.17, 15) is 13.6 Å². The van der Waals surface area contributed by atoms with Crippen molar-refractivity contribution in [1.29, 1.82) is 0 Å². The van der Waals surface area contributed by atoms with Crippen LogP contribution >= 0.6 is 0 Å². The van der Waals surface area contributed by atoms with E-state index in [0.717, 1.165) is 0 Å². The molecule has 0 bridgehead atoms. The van der Waals surface area contributed by atoms with Gasteiger partial charge in [-0.2, -0.15) is 8.78 Å². The van der Waals surface area contributed by atoms with Crippen LogP contribution in [0.2, 0.25) is 0 Å². The van der Waals surface area contributed by atoms with Crippen LogP contribution in [-0.4, -0.2) is 18.7 Å². The molecule has 0 saturated heterocycles. The average molecular weight is 273 g/mol. The van der Waals surface area contributed by atoms with Gasteiger partial charge in [-0.15, -0.1) is 0 Å². The van der Waals surface area contributed by atoms with Crippen LogP contribution in [0.3, 0.4) is 0 Å². The lowest BCUT2D eigenvalue weighted by Crippen LogP contribution is -2.16. The van der Waals surface area contributed by atoms with Gasteiger partial charge in [-0.25, -0.2) is 4.79 Å². The number of benzene rings is 1. The Morgan fingerprint density at radius 3 is 2.37 bits per heavy atom. The third kappa shape index (κ3) is 3.56. The third-order valence-electron chi connectivity index (χ3n) is 2.55. The minimum absolute atomic E-state index is 0.0718. The Bertz CT molecular complexity index is 487. The van der Waals surface area contributed by atoms with Crippen molar-refractivity contribution in [3.63, 3.8) is 0 Å². The molecule has 0 unspecified atom stereocenters. The minimum Gasteiger partial charge on any atom is -0.459 e. The van der Waals surface area contributed by atoms with Crippen molar-refractivity contribution >= 4 is 11.7 Å². The summed E-state index contributed by atoms with van der Waals surface area (Å²) >= 11 is 0. The lowest BCUT2D eigenvalue weighted by molar-refractivity contribution is -0.0504. The lowest BCUT2D eigenvalue weighted by Gasteiger charge is -2.17. The van der Waals surface area contributed by atoms with E-state index < -0.39 is 12.6 Å². The maximum atomic E-state index is 12.3. The topological polar surface area (TPSA) is 61.5 Å². The molecule has 106 valence electrons. The van der Waals surface area contributed by atoms with Crippen LogP contribution in [0.15, 0.2) is 6.07 Å². The van der Waals surface area contributed by atoms with Crippen LogP contribution in [0.25, 0.3) is 0 Å². The average Bonchev–Trinajstić information content (AvgIpc) is 2.24. The Labute approximate surface area is 110 Å². The molecule has 1 aromatic rings. The van der Waals surface area contributed by atoms with Crippen LogP contribution in [0, 0.1) is 13.8 Å². The second-order valence-electron chi connectivity index (χ2n) is 4.44. The first-order chi connectivity index (χ1) is 8.73. The van der Waals surface area contributed by atoms with Crippen molar-refractivity contribution in [3.05, 3.63) is 22.8 Å². The van der Waals surface area contributed by atoms with Gasteiger partial charge in [0.05, 0.1) is 11.7 Å². The number of carbonyl (C=O) groups excluding carboxylic acids is 1. The maximum Gasteiger partial charge on any atom is 0.387 e. The van der Waals surface area contributed by atoms with E-state index in [1.165, 1.54) is 13.0 Å². The summed E-state index contributed by atoms with van der Waals surface area (Å²) in [6.07, 6.45) is -0.328. The number of carbonyl (C=O) groups is 1. The van der Waals surface area contributed by atoms with Crippen LogP contribution in [0.1, 0.15) is 35.3 Å². The summed E-state index contributed by atoms with van der Waals surface area (Å²) < 4.78 is 34.0. The van der Waals surface area contributed by atoms with Crippen molar-refractivity contribution in [1.82, 2.24) is 0 Å². The summed E-state index contributed by atoms with van der Waals surface area (Å²) in [5.41, 5.74) is 6.83. The fraction of sp³-hybridized carbons (Fsp3) is 0.462. The van der Waals surface area contributed by atoms with Crippen molar-refractivity contribution in [3.8, 4) is 5.75 Å². The number of aryl methyl sites for hydroxylation is 1. The summed E-state index contributed by atoms with van der Waals surface area (Å²) in [4.78, 5) is 11.9. The zero-order chi connectivity index (χ0) is 14.7. The Morgan fingerprint density at radius 1 is 1.32 bits per heavy atom. The summed E-state index contributed by atoms with van der Waals surface area (Å²) in [6.45, 7) is 3.52. The molecule has 0 spiro atoms. The molecule has 0 aliphatic heterocycles. The molecule has 4 nitrogen and oxygen atoms in total. The van der Waals surface area contributed by atoms with Gasteiger partial charge in [-0.3, -0.25) is 0 Å². The molecule has 0 aliphatic carbocycles. The lowest BCUT2D eigenvalue weighted by atomic mass is 10.0. The fourth-order valence-electron chi connectivity index (χ4n) is 1.66. The monoisotopic (exact) mass is 273 g/mol. The second-order valence-corrected chi connectivity index (χ2v) is 4.44. The zero-order valence-corrected chi connectivity index (χ0v) is 11.3. The van der Waals surface area contributed by atoms with E-state index in [1.54, 1.807) is 20.8 Å². The number of hydrogen-bond acceptors (Lipinski definition) is 4. The van der Waals surface area contributed by atoms with E-state index in [2.05, 4.69) is 4.74 Å². The standard InChI is InChI=1S/C13H17F2NO3/c1-6(2)18-12(17)10-8(4)9(19-13(14)15)5-7(3)11(10)16/h5-6,13H,16H2,1-4H3. The van der Waals surface area contributed by atoms with E-state index in [-0.39, 0.29) is 28.7 Å². The van der Waals surface area contributed by atoms with Crippen LogP contribution in [0.4, 0.5) is 14.5 Å². The number of ether oxygens (including phenoxy) is 2. The fourth-order valence-corrected chi connectivity index (χ4v) is 1.66. The minimum atomic E-state index is -2.96.